The molecule has 0 saturated carbocycles. The second-order valence-electron chi connectivity index (χ2n) is 7.63. The molecule has 0 aliphatic rings. The number of thiol groups is 1. The van der Waals surface area contributed by atoms with E-state index in [1.807, 2.05) is 0 Å². The molecule has 10 nitrogen and oxygen atoms in total. The van der Waals surface area contributed by atoms with Gasteiger partial charge in [-0.2, -0.15) is 0 Å². The molecule has 1 unspecified atom stereocenters. The highest BCUT2D eigenvalue weighted by Gasteiger charge is 2.22. The Balaban J connectivity index is 2.92. The topological polar surface area (TPSA) is 157 Å². The highest BCUT2D eigenvalue weighted by atomic mass is 32.1. The van der Waals surface area contributed by atoms with Crippen molar-refractivity contribution in [2.75, 3.05) is 18.9 Å². The third kappa shape index (κ3) is 10.3. The third-order valence-corrected chi connectivity index (χ3v) is 5.07. The summed E-state index contributed by atoms with van der Waals surface area (Å²) in [5, 5.41) is 31.5. The van der Waals surface area contributed by atoms with Crippen molar-refractivity contribution in [3.8, 4) is 5.75 Å². The first-order valence-electron chi connectivity index (χ1n) is 10.5. The number of carboxylic acid groups (broad SMARTS) is 1. The van der Waals surface area contributed by atoms with Crippen LogP contribution in [0.3, 0.4) is 0 Å². The smallest absolute Gasteiger partial charge is 0.306 e. The van der Waals surface area contributed by atoms with Crippen molar-refractivity contribution in [3.05, 3.63) is 34.9 Å². The first-order chi connectivity index (χ1) is 15.6. The molecule has 6 N–H and O–H groups in total. The third-order valence-electron chi connectivity index (χ3n) is 4.81. The molecule has 2 atom stereocenters. The number of likely N-dealkylation sites (N-methyl/N-ethyl adjacent to an activating group) is 1. The van der Waals surface area contributed by atoms with Crippen LogP contribution in [0.2, 0.25) is 0 Å². The SMILES string of the molecule is CN/C(=C\S)C(=O)N[C@@H](Cc1ccc(O)c(NC(=O)CCCNC(C)=O)c1)CC(C)C(=O)O. The largest absolute Gasteiger partial charge is 0.506 e. The lowest BCUT2D eigenvalue weighted by molar-refractivity contribution is -0.141. The number of carbonyl (C=O) groups excluding carboxylic acids is 3. The number of amides is 3. The standard InChI is InChI=1S/C22H32N4O6S/c1-13(22(31)32)9-16(25-21(30)18(12-33)23-3)10-15-6-7-19(28)17(11-15)26-20(29)5-4-8-24-14(2)27/h6-7,11-13,16,23,28,33H,4-5,8-10H2,1-3H3,(H,24,27)(H,25,30)(H,26,29)(H,31,32)/b18-12-/t13?,16-/m1/s1. The van der Waals surface area contributed by atoms with Gasteiger partial charge < -0.3 is 31.5 Å². The molecular formula is C22H32N4O6S. The van der Waals surface area contributed by atoms with Crippen LogP contribution in [0.25, 0.3) is 0 Å². The number of benzene rings is 1. The summed E-state index contributed by atoms with van der Waals surface area (Å²) in [6, 6.07) is 4.12. The molecule has 182 valence electrons. The quantitative estimate of drug-likeness (QED) is 0.0973. The number of anilines is 1. The van der Waals surface area contributed by atoms with Gasteiger partial charge in [0, 0.05) is 33.0 Å². The van der Waals surface area contributed by atoms with Crippen molar-refractivity contribution < 1.29 is 29.4 Å². The molecule has 0 aliphatic carbocycles. The van der Waals surface area contributed by atoms with Crippen LogP contribution < -0.4 is 21.3 Å². The maximum absolute atomic E-state index is 12.4. The van der Waals surface area contributed by atoms with Gasteiger partial charge in [0.15, 0.2) is 0 Å². The Bertz CT molecular complexity index is 890. The molecule has 0 aromatic heterocycles. The number of hydrogen-bond acceptors (Lipinski definition) is 7. The van der Waals surface area contributed by atoms with Gasteiger partial charge in [-0.3, -0.25) is 19.2 Å². The van der Waals surface area contributed by atoms with E-state index in [0.717, 1.165) is 0 Å². The summed E-state index contributed by atoms with van der Waals surface area (Å²) in [6.07, 6.45) is 1.05. The number of aliphatic carboxylic acids is 1. The van der Waals surface area contributed by atoms with E-state index in [4.69, 9.17) is 0 Å². The fraction of sp³-hybridized carbons (Fsp3) is 0.455. The van der Waals surface area contributed by atoms with Crippen molar-refractivity contribution >= 4 is 42.0 Å². The summed E-state index contributed by atoms with van der Waals surface area (Å²) >= 11 is 3.99. The van der Waals surface area contributed by atoms with Crippen LogP contribution in [0.1, 0.15) is 38.7 Å². The predicted molar refractivity (Wildman–Crippen MR) is 128 cm³/mol. The van der Waals surface area contributed by atoms with Gasteiger partial charge in [-0.15, -0.1) is 12.6 Å². The number of phenolic OH excluding ortho intramolecular Hbond substituents is 1. The van der Waals surface area contributed by atoms with Crippen LogP contribution >= 0.6 is 12.6 Å². The molecule has 33 heavy (non-hydrogen) atoms. The predicted octanol–water partition coefficient (Wildman–Crippen LogP) is 1.38. The lowest BCUT2D eigenvalue weighted by atomic mass is 9.95. The molecule has 0 fully saturated rings. The summed E-state index contributed by atoms with van der Waals surface area (Å²) in [5.41, 5.74) is 1.12. The first kappa shape index (κ1) is 27.8. The van der Waals surface area contributed by atoms with Gasteiger partial charge >= 0.3 is 5.97 Å². The number of aromatic hydroxyl groups is 1. The molecular weight excluding hydrogens is 448 g/mol. The fourth-order valence-electron chi connectivity index (χ4n) is 3.04. The number of carboxylic acids is 1. The van der Waals surface area contributed by atoms with Crippen LogP contribution in [0.5, 0.6) is 5.75 Å². The zero-order valence-electron chi connectivity index (χ0n) is 19.0. The van der Waals surface area contributed by atoms with E-state index in [9.17, 15) is 29.4 Å². The molecule has 0 bridgehead atoms. The van der Waals surface area contributed by atoms with Crippen molar-refractivity contribution in [1.29, 1.82) is 0 Å². The zero-order chi connectivity index (χ0) is 25.0. The average molecular weight is 481 g/mol. The van der Waals surface area contributed by atoms with Crippen molar-refractivity contribution in [3.63, 3.8) is 0 Å². The minimum absolute atomic E-state index is 0.121. The van der Waals surface area contributed by atoms with Crippen LogP contribution in [0, 0.1) is 5.92 Å². The summed E-state index contributed by atoms with van der Waals surface area (Å²) in [7, 11) is 1.57. The minimum atomic E-state index is -0.981. The maximum Gasteiger partial charge on any atom is 0.306 e. The molecule has 0 spiro atoms. The second kappa shape index (κ2) is 14.0. The van der Waals surface area contributed by atoms with Gasteiger partial charge in [0.1, 0.15) is 11.4 Å². The van der Waals surface area contributed by atoms with Crippen molar-refractivity contribution in [2.24, 2.45) is 5.92 Å². The van der Waals surface area contributed by atoms with Crippen LogP contribution in [0.4, 0.5) is 5.69 Å². The molecule has 11 heteroatoms. The number of phenols is 1. The van der Waals surface area contributed by atoms with E-state index in [2.05, 4.69) is 33.9 Å². The molecule has 1 aromatic rings. The first-order valence-corrected chi connectivity index (χ1v) is 11.0. The van der Waals surface area contributed by atoms with Gasteiger partial charge in [0.2, 0.25) is 11.8 Å². The number of carbonyl (C=O) groups is 4. The fourth-order valence-corrected chi connectivity index (χ4v) is 3.29. The van der Waals surface area contributed by atoms with Gasteiger partial charge in [-0.1, -0.05) is 13.0 Å². The van der Waals surface area contributed by atoms with Gasteiger partial charge in [0.25, 0.3) is 5.91 Å². The maximum atomic E-state index is 12.4. The molecule has 0 heterocycles. The Morgan fingerprint density at radius 3 is 2.48 bits per heavy atom. The number of hydrogen-bond donors (Lipinski definition) is 7. The summed E-state index contributed by atoms with van der Waals surface area (Å²) in [6.45, 7) is 3.32. The molecule has 3 amide bonds. The Morgan fingerprint density at radius 2 is 1.91 bits per heavy atom. The van der Waals surface area contributed by atoms with E-state index in [0.29, 0.717) is 18.5 Å². The molecule has 0 saturated heterocycles. The van der Waals surface area contributed by atoms with Gasteiger partial charge in [0.05, 0.1) is 11.6 Å². The monoisotopic (exact) mass is 480 g/mol. The highest BCUT2D eigenvalue weighted by molar-refractivity contribution is 7.83. The van der Waals surface area contributed by atoms with E-state index >= 15 is 0 Å². The van der Waals surface area contributed by atoms with Crippen LogP contribution in [0.15, 0.2) is 29.3 Å². The van der Waals surface area contributed by atoms with E-state index in [-0.39, 0.29) is 48.2 Å². The van der Waals surface area contributed by atoms with Gasteiger partial charge in [-0.25, -0.2) is 0 Å². The second-order valence-corrected chi connectivity index (χ2v) is 7.89. The Labute approximate surface area is 198 Å². The average Bonchev–Trinajstić information content (AvgIpc) is 2.74. The summed E-state index contributed by atoms with van der Waals surface area (Å²) < 4.78 is 0. The van der Waals surface area contributed by atoms with Crippen LogP contribution in [-0.4, -0.2) is 53.5 Å². The van der Waals surface area contributed by atoms with Gasteiger partial charge in [-0.05, 0) is 42.4 Å². The molecule has 0 aliphatic heterocycles. The number of rotatable bonds is 13. The lowest BCUT2D eigenvalue weighted by Crippen LogP contribution is -2.41. The Hall–Kier alpha value is -3.21. The zero-order valence-corrected chi connectivity index (χ0v) is 19.9. The molecule has 1 aromatic carbocycles. The lowest BCUT2D eigenvalue weighted by Gasteiger charge is -2.22. The molecule has 0 radical (unpaired) electrons. The summed E-state index contributed by atoms with van der Waals surface area (Å²) in [5.74, 6) is -2.73. The molecule has 1 rings (SSSR count). The highest BCUT2D eigenvalue weighted by Crippen LogP contribution is 2.26. The van der Waals surface area contributed by atoms with Crippen LogP contribution in [-0.2, 0) is 25.6 Å². The Morgan fingerprint density at radius 1 is 1.21 bits per heavy atom. The van der Waals surface area contributed by atoms with E-state index in [1.54, 1.807) is 26.1 Å². The van der Waals surface area contributed by atoms with E-state index in [1.165, 1.54) is 18.4 Å². The van der Waals surface area contributed by atoms with E-state index < -0.39 is 23.8 Å². The van der Waals surface area contributed by atoms with Crippen molar-refractivity contribution in [2.45, 2.75) is 45.6 Å². The summed E-state index contributed by atoms with van der Waals surface area (Å²) in [4.78, 5) is 46.8. The number of nitrogens with one attached hydrogen (secondary N) is 4. The Kier molecular flexibility index (Phi) is 11.8. The normalized spacial score (nSPS) is 12.9. The van der Waals surface area contributed by atoms with Crippen molar-refractivity contribution in [1.82, 2.24) is 16.0 Å². The minimum Gasteiger partial charge on any atom is -0.506 e.